The second-order valence-corrected chi connectivity index (χ2v) is 8.16. The number of fused-ring (bicyclic) bond motifs is 1. The van der Waals surface area contributed by atoms with E-state index in [2.05, 4.69) is 15.9 Å². The van der Waals surface area contributed by atoms with Gasteiger partial charge in [-0.3, -0.25) is 14.2 Å². The van der Waals surface area contributed by atoms with Gasteiger partial charge in [-0.05, 0) is 40.3 Å². The smallest absolute Gasteiger partial charge is 0.259 e. The molecule has 4 rings (SSSR count). The number of benzene rings is 3. The standard InChI is InChI=1S/C25H21BrN2O2/c1-16(29)24-23(19-5-3-2-4-6-19)22-13-20(26)11-12-21(22)25(30)28(24)15-18-9-7-17(14-27)8-10-18/h2-13H,14-15,27H2,1H3. The van der Waals surface area contributed by atoms with E-state index in [0.717, 1.165) is 32.1 Å². The van der Waals surface area contributed by atoms with Gasteiger partial charge in [-0.2, -0.15) is 0 Å². The van der Waals surface area contributed by atoms with E-state index in [1.54, 1.807) is 4.57 Å². The number of carbonyl (C=O) groups is 1. The van der Waals surface area contributed by atoms with Crippen LogP contribution in [-0.4, -0.2) is 10.4 Å². The maximum absolute atomic E-state index is 13.5. The lowest BCUT2D eigenvalue weighted by Gasteiger charge is -2.19. The van der Waals surface area contributed by atoms with Gasteiger partial charge in [0.25, 0.3) is 5.56 Å². The monoisotopic (exact) mass is 460 g/mol. The van der Waals surface area contributed by atoms with Crippen LogP contribution in [0.2, 0.25) is 0 Å². The van der Waals surface area contributed by atoms with Crippen LogP contribution in [-0.2, 0) is 13.1 Å². The van der Waals surface area contributed by atoms with Gasteiger partial charge in [0.2, 0.25) is 0 Å². The predicted molar refractivity (Wildman–Crippen MR) is 125 cm³/mol. The van der Waals surface area contributed by atoms with Gasteiger partial charge in [0.05, 0.1) is 12.2 Å². The van der Waals surface area contributed by atoms with Gasteiger partial charge in [-0.25, -0.2) is 0 Å². The van der Waals surface area contributed by atoms with Gasteiger partial charge in [-0.15, -0.1) is 0 Å². The predicted octanol–water partition coefficient (Wildman–Crippen LogP) is 5.14. The number of pyridine rings is 1. The Morgan fingerprint density at radius 3 is 2.23 bits per heavy atom. The highest BCUT2D eigenvalue weighted by molar-refractivity contribution is 9.10. The SMILES string of the molecule is CC(=O)c1c(-c2ccccc2)c2cc(Br)ccc2c(=O)n1Cc1ccc(CN)cc1. The van der Waals surface area contributed by atoms with Gasteiger partial charge in [0, 0.05) is 28.9 Å². The van der Waals surface area contributed by atoms with Crippen LogP contribution in [0.5, 0.6) is 0 Å². The summed E-state index contributed by atoms with van der Waals surface area (Å²) in [6.45, 7) is 2.28. The molecule has 0 fully saturated rings. The van der Waals surface area contributed by atoms with E-state index in [9.17, 15) is 9.59 Å². The van der Waals surface area contributed by atoms with Crippen LogP contribution in [0.4, 0.5) is 0 Å². The highest BCUT2D eigenvalue weighted by Gasteiger charge is 2.21. The number of halogens is 1. The van der Waals surface area contributed by atoms with E-state index in [-0.39, 0.29) is 11.3 Å². The molecule has 3 aromatic carbocycles. The number of ketones is 1. The van der Waals surface area contributed by atoms with Gasteiger partial charge in [0.15, 0.2) is 5.78 Å². The number of nitrogens with two attached hydrogens (primary N) is 1. The van der Waals surface area contributed by atoms with Crippen LogP contribution >= 0.6 is 15.9 Å². The first-order chi connectivity index (χ1) is 14.5. The first-order valence-corrected chi connectivity index (χ1v) is 10.5. The van der Waals surface area contributed by atoms with Crippen molar-refractivity contribution in [2.45, 2.75) is 20.0 Å². The number of rotatable bonds is 5. The number of hydrogen-bond donors (Lipinski definition) is 1. The van der Waals surface area contributed by atoms with Crippen molar-refractivity contribution in [3.63, 3.8) is 0 Å². The molecule has 0 bridgehead atoms. The molecule has 0 unspecified atom stereocenters. The molecule has 4 nitrogen and oxygen atoms in total. The largest absolute Gasteiger partial charge is 0.326 e. The van der Waals surface area contributed by atoms with Crippen LogP contribution < -0.4 is 11.3 Å². The van der Waals surface area contributed by atoms with Gasteiger partial charge in [-0.1, -0.05) is 70.5 Å². The van der Waals surface area contributed by atoms with Crippen molar-refractivity contribution in [2.75, 3.05) is 0 Å². The molecule has 0 spiro atoms. The fourth-order valence-electron chi connectivity index (χ4n) is 3.80. The van der Waals surface area contributed by atoms with E-state index in [0.29, 0.717) is 24.2 Å². The van der Waals surface area contributed by atoms with Crippen molar-refractivity contribution in [3.05, 3.63) is 104 Å². The Labute approximate surface area is 183 Å². The molecule has 150 valence electrons. The number of aromatic nitrogens is 1. The molecule has 5 heteroatoms. The zero-order valence-electron chi connectivity index (χ0n) is 16.6. The van der Waals surface area contributed by atoms with Crippen molar-refractivity contribution >= 4 is 32.5 Å². The Balaban J connectivity index is 2.05. The lowest BCUT2D eigenvalue weighted by Crippen LogP contribution is -2.27. The summed E-state index contributed by atoms with van der Waals surface area (Å²) in [5.41, 5.74) is 9.57. The average molecular weight is 461 g/mol. The van der Waals surface area contributed by atoms with E-state index >= 15 is 0 Å². The van der Waals surface area contributed by atoms with Crippen molar-refractivity contribution in [1.82, 2.24) is 4.57 Å². The van der Waals surface area contributed by atoms with Crippen LogP contribution in [0.25, 0.3) is 21.9 Å². The van der Waals surface area contributed by atoms with E-state index in [1.807, 2.05) is 72.8 Å². The number of nitrogens with zero attached hydrogens (tertiary/aromatic N) is 1. The Morgan fingerprint density at radius 2 is 1.60 bits per heavy atom. The Morgan fingerprint density at radius 1 is 0.933 bits per heavy atom. The minimum atomic E-state index is -0.176. The number of hydrogen-bond acceptors (Lipinski definition) is 3. The normalized spacial score (nSPS) is 11.0. The maximum atomic E-state index is 13.5. The van der Waals surface area contributed by atoms with Crippen molar-refractivity contribution < 1.29 is 4.79 Å². The molecular formula is C25H21BrN2O2. The summed E-state index contributed by atoms with van der Waals surface area (Å²) in [6, 6.07) is 23.1. The molecule has 0 aliphatic carbocycles. The fraction of sp³-hybridized carbons (Fsp3) is 0.120. The van der Waals surface area contributed by atoms with Crippen LogP contribution in [0.15, 0.2) is 82.1 Å². The van der Waals surface area contributed by atoms with Crippen LogP contribution in [0, 0.1) is 0 Å². The molecule has 4 aromatic rings. The van der Waals surface area contributed by atoms with Crippen molar-refractivity contribution in [2.24, 2.45) is 5.73 Å². The highest BCUT2D eigenvalue weighted by atomic mass is 79.9. The Kier molecular flexibility index (Phi) is 5.66. The summed E-state index contributed by atoms with van der Waals surface area (Å²) in [4.78, 5) is 26.3. The topological polar surface area (TPSA) is 65.1 Å². The summed E-state index contributed by atoms with van der Waals surface area (Å²) >= 11 is 3.51. The average Bonchev–Trinajstić information content (AvgIpc) is 2.76. The Bertz CT molecular complexity index is 1290. The molecule has 0 radical (unpaired) electrons. The van der Waals surface area contributed by atoms with E-state index in [1.165, 1.54) is 6.92 Å². The molecule has 0 atom stereocenters. The summed E-state index contributed by atoms with van der Waals surface area (Å²) in [6.07, 6.45) is 0. The quantitative estimate of drug-likeness (QED) is 0.419. The highest BCUT2D eigenvalue weighted by Crippen LogP contribution is 2.33. The van der Waals surface area contributed by atoms with Crippen molar-refractivity contribution in [3.8, 4) is 11.1 Å². The molecule has 0 aliphatic heterocycles. The summed E-state index contributed by atoms with van der Waals surface area (Å²) < 4.78 is 2.45. The molecule has 2 N–H and O–H groups in total. The first kappa shape index (κ1) is 20.3. The minimum absolute atomic E-state index is 0.147. The molecule has 1 aromatic heterocycles. The molecule has 30 heavy (non-hydrogen) atoms. The lowest BCUT2D eigenvalue weighted by molar-refractivity contribution is 0.100. The zero-order chi connectivity index (χ0) is 21.3. The third-order valence-electron chi connectivity index (χ3n) is 5.23. The first-order valence-electron chi connectivity index (χ1n) is 9.70. The van der Waals surface area contributed by atoms with E-state index in [4.69, 9.17) is 5.73 Å². The second kappa shape index (κ2) is 8.38. The lowest BCUT2D eigenvalue weighted by atomic mass is 9.95. The molecule has 0 aliphatic rings. The third-order valence-corrected chi connectivity index (χ3v) is 5.72. The van der Waals surface area contributed by atoms with Gasteiger partial charge < -0.3 is 5.73 Å². The minimum Gasteiger partial charge on any atom is -0.326 e. The summed E-state index contributed by atoms with van der Waals surface area (Å²) in [5.74, 6) is -0.147. The third kappa shape index (κ3) is 3.74. The maximum Gasteiger partial charge on any atom is 0.259 e. The number of Topliss-reactive ketones (excluding diaryl/α,β-unsaturated/α-hetero) is 1. The molecule has 0 amide bonds. The molecule has 1 heterocycles. The fourth-order valence-corrected chi connectivity index (χ4v) is 4.16. The number of carbonyl (C=O) groups excluding carboxylic acids is 1. The van der Waals surface area contributed by atoms with Crippen LogP contribution in [0.1, 0.15) is 28.5 Å². The zero-order valence-corrected chi connectivity index (χ0v) is 18.1. The summed E-state index contributed by atoms with van der Waals surface area (Å²) in [7, 11) is 0. The molecule has 0 saturated heterocycles. The van der Waals surface area contributed by atoms with Crippen LogP contribution in [0.3, 0.4) is 0 Å². The molecular weight excluding hydrogens is 440 g/mol. The van der Waals surface area contributed by atoms with E-state index < -0.39 is 0 Å². The summed E-state index contributed by atoms with van der Waals surface area (Å²) in [5, 5.41) is 1.35. The molecule has 0 saturated carbocycles. The second-order valence-electron chi connectivity index (χ2n) is 7.25. The van der Waals surface area contributed by atoms with Gasteiger partial charge >= 0.3 is 0 Å². The Hall–Kier alpha value is -3.02. The van der Waals surface area contributed by atoms with Crippen molar-refractivity contribution in [1.29, 1.82) is 0 Å². The van der Waals surface area contributed by atoms with Gasteiger partial charge in [0.1, 0.15) is 0 Å².